The van der Waals surface area contributed by atoms with Gasteiger partial charge in [0, 0.05) is 12.7 Å². The number of hydrogen-bond acceptors (Lipinski definition) is 4. The molecule has 0 aliphatic carbocycles. The summed E-state index contributed by atoms with van der Waals surface area (Å²) >= 11 is 0. The fraction of sp³-hybridized carbons (Fsp3) is 0.400. The summed E-state index contributed by atoms with van der Waals surface area (Å²) in [7, 11) is 0. The molecule has 0 saturated carbocycles. The van der Waals surface area contributed by atoms with E-state index in [2.05, 4.69) is 10.2 Å². The fourth-order valence-electron chi connectivity index (χ4n) is 1.75. The van der Waals surface area contributed by atoms with Gasteiger partial charge in [-0.3, -0.25) is 10.1 Å². The molecule has 0 aromatic carbocycles. The predicted octanol–water partition coefficient (Wildman–Crippen LogP) is 1.61. The standard InChI is InChI=1S/C10H13N5O2/c1-4-13-10(14-6-5-7(2)11-14)9(15(16)17)8(3)12-13/h5-6H,4H2,1-3H3. The minimum Gasteiger partial charge on any atom is -0.258 e. The molecule has 0 bridgehead atoms. The van der Waals surface area contributed by atoms with Crippen molar-refractivity contribution in [3.63, 3.8) is 0 Å². The summed E-state index contributed by atoms with van der Waals surface area (Å²) in [4.78, 5) is 10.6. The SMILES string of the molecule is CCn1nc(C)c([N+](=O)[O-])c1-n1ccc(C)n1. The molecule has 0 saturated heterocycles. The Hall–Kier alpha value is -2.18. The van der Waals surface area contributed by atoms with E-state index in [9.17, 15) is 10.1 Å². The fourth-order valence-corrected chi connectivity index (χ4v) is 1.75. The van der Waals surface area contributed by atoms with Crippen LogP contribution in [0, 0.1) is 24.0 Å². The van der Waals surface area contributed by atoms with Gasteiger partial charge in [0.15, 0.2) is 0 Å². The first kappa shape index (κ1) is 11.3. The zero-order valence-corrected chi connectivity index (χ0v) is 9.91. The maximum Gasteiger partial charge on any atom is 0.336 e. The van der Waals surface area contributed by atoms with Crippen LogP contribution in [0.15, 0.2) is 12.3 Å². The molecule has 90 valence electrons. The quantitative estimate of drug-likeness (QED) is 0.598. The van der Waals surface area contributed by atoms with Gasteiger partial charge in [-0.1, -0.05) is 0 Å². The Morgan fingerprint density at radius 1 is 1.41 bits per heavy atom. The van der Waals surface area contributed by atoms with Crippen LogP contribution in [0.2, 0.25) is 0 Å². The highest BCUT2D eigenvalue weighted by Gasteiger charge is 2.26. The molecule has 17 heavy (non-hydrogen) atoms. The van der Waals surface area contributed by atoms with Crippen LogP contribution in [0.4, 0.5) is 5.69 Å². The van der Waals surface area contributed by atoms with E-state index in [4.69, 9.17) is 0 Å². The molecular formula is C10H13N5O2. The molecule has 0 atom stereocenters. The van der Waals surface area contributed by atoms with E-state index < -0.39 is 4.92 Å². The van der Waals surface area contributed by atoms with Gasteiger partial charge in [0.25, 0.3) is 0 Å². The minimum atomic E-state index is -0.416. The van der Waals surface area contributed by atoms with Crippen molar-refractivity contribution in [3.05, 3.63) is 33.8 Å². The largest absolute Gasteiger partial charge is 0.336 e. The Kier molecular flexibility index (Phi) is 2.66. The monoisotopic (exact) mass is 235 g/mol. The third-order valence-corrected chi connectivity index (χ3v) is 2.49. The molecule has 0 unspecified atom stereocenters. The lowest BCUT2D eigenvalue weighted by molar-refractivity contribution is -0.385. The predicted molar refractivity (Wildman–Crippen MR) is 61.2 cm³/mol. The van der Waals surface area contributed by atoms with Gasteiger partial charge in [-0.25, -0.2) is 9.36 Å². The molecule has 7 nitrogen and oxygen atoms in total. The second-order valence-electron chi connectivity index (χ2n) is 3.73. The van der Waals surface area contributed by atoms with Crippen molar-refractivity contribution in [2.75, 3.05) is 0 Å². The summed E-state index contributed by atoms with van der Waals surface area (Å²) in [6.45, 7) is 5.91. The van der Waals surface area contributed by atoms with Gasteiger partial charge in [0.1, 0.15) is 5.69 Å². The van der Waals surface area contributed by atoms with Crippen LogP contribution in [0.1, 0.15) is 18.3 Å². The number of nitrogens with zero attached hydrogens (tertiary/aromatic N) is 5. The van der Waals surface area contributed by atoms with Gasteiger partial charge in [0.2, 0.25) is 5.82 Å². The topological polar surface area (TPSA) is 78.8 Å². The molecule has 2 aromatic heterocycles. The molecule has 0 amide bonds. The summed E-state index contributed by atoms with van der Waals surface area (Å²) in [6.07, 6.45) is 1.70. The summed E-state index contributed by atoms with van der Waals surface area (Å²) in [5.74, 6) is 0.406. The number of aromatic nitrogens is 4. The van der Waals surface area contributed by atoms with Crippen molar-refractivity contribution >= 4 is 5.69 Å². The van der Waals surface area contributed by atoms with Crippen LogP contribution in [-0.2, 0) is 6.54 Å². The lowest BCUT2D eigenvalue weighted by Crippen LogP contribution is -2.08. The van der Waals surface area contributed by atoms with Crippen molar-refractivity contribution in [2.24, 2.45) is 0 Å². The molecule has 0 spiro atoms. The zero-order chi connectivity index (χ0) is 12.6. The highest BCUT2D eigenvalue weighted by molar-refractivity contribution is 5.50. The summed E-state index contributed by atoms with van der Waals surface area (Å²) < 4.78 is 3.08. The van der Waals surface area contributed by atoms with Crippen molar-refractivity contribution in [1.29, 1.82) is 0 Å². The van der Waals surface area contributed by atoms with Gasteiger partial charge >= 0.3 is 5.69 Å². The molecule has 0 aliphatic rings. The lowest BCUT2D eigenvalue weighted by Gasteiger charge is -2.03. The summed E-state index contributed by atoms with van der Waals surface area (Å²) in [5, 5.41) is 19.4. The van der Waals surface area contributed by atoms with E-state index in [1.807, 2.05) is 13.8 Å². The third kappa shape index (κ3) is 1.79. The number of aryl methyl sites for hydroxylation is 3. The Morgan fingerprint density at radius 3 is 2.59 bits per heavy atom. The van der Waals surface area contributed by atoms with E-state index in [1.54, 1.807) is 23.9 Å². The molecule has 2 rings (SSSR count). The van der Waals surface area contributed by atoms with Gasteiger partial charge in [-0.05, 0) is 26.8 Å². The van der Waals surface area contributed by atoms with Gasteiger partial charge in [0.05, 0.1) is 10.6 Å². The van der Waals surface area contributed by atoms with Gasteiger partial charge in [-0.15, -0.1) is 0 Å². The zero-order valence-electron chi connectivity index (χ0n) is 9.91. The van der Waals surface area contributed by atoms with E-state index in [0.717, 1.165) is 5.69 Å². The second-order valence-corrected chi connectivity index (χ2v) is 3.73. The minimum absolute atomic E-state index is 0.00921. The van der Waals surface area contributed by atoms with E-state index >= 15 is 0 Å². The van der Waals surface area contributed by atoms with Gasteiger partial charge < -0.3 is 0 Å². The summed E-state index contributed by atoms with van der Waals surface area (Å²) in [6, 6.07) is 1.80. The molecule has 7 heteroatoms. The normalized spacial score (nSPS) is 10.8. The smallest absolute Gasteiger partial charge is 0.258 e. The van der Waals surface area contributed by atoms with Crippen molar-refractivity contribution < 1.29 is 4.92 Å². The molecule has 0 fully saturated rings. The highest BCUT2D eigenvalue weighted by atomic mass is 16.6. The Morgan fingerprint density at radius 2 is 2.12 bits per heavy atom. The lowest BCUT2D eigenvalue weighted by atomic mass is 10.4. The van der Waals surface area contributed by atoms with Crippen LogP contribution >= 0.6 is 0 Å². The Balaban J connectivity index is 2.69. The van der Waals surface area contributed by atoms with Crippen molar-refractivity contribution in [2.45, 2.75) is 27.3 Å². The first-order chi connectivity index (χ1) is 8.04. The van der Waals surface area contributed by atoms with Crippen LogP contribution in [0.25, 0.3) is 5.82 Å². The second kappa shape index (κ2) is 4.00. The number of hydrogen-bond donors (Lipinski definition) is 0. The molecule has 2 heterocycles. The van der Waals surface area contributed by atoms with E-state index in [-0.39, 0.29) is 5.69 Å². The van der Waals surface area contributed by atoms with Gasteiger partial charge in [-0.2, -0.15) is 10.2 Å². The maximum atomic E-state index is 11.1. The van der Waals surface area contributed by atoms with Crippen molar-refractivity contribution in [1.82, 2.24) is 19.6 Å². The maximum absolute atomic E-state index is 11.1. The summed E-state index contributed by atoms with van der Waals surface area (Å²) in [5.41, 5.74) is 1.22. The number of rotatable bonds is 3. The van der Waals surface area contributed by atoms with Crippen LogP contribution in [0.5, 0.6) is 0 Å². The molecule has 0 radical (unpaired) electrons. The highest BCUT2D eigenvalue weighted by Crippen LogP contribution is 2.26. The first-order valence-electron chi connectivity index (χ1n) is 5.29. The number of nitro groups is 1. The van der Waals surface area contributed by atoms with Crippen LogP contribution in [0.3, 0.4) is 0 Å². The Bertz CT molecular complexity index is 569. The Labute approximate surface area is 97.8 Å². The molecule has 0 N–H and O–H groups in total. The molecular weight excluding hydrogens is 222 g/mol. The average molecular weight is 235 g/mol. The molecule has 2 aromatic rings. The van der Waals surface area contributed by atoms with E-state index in [1.165, 1.54) is 4.68 Å². The van der Waals surface area contributed by atoms with Crippen molar-refractivity contribution in [3.8, 4) is 5.82 Å². The first-order valence-corrected chi connectivity index (χ1v) is 5.29. The average Bonchev–Trinajstić information content (AvgIpc) is 2.81. The van der Waals surface area contributed by atoms with Crippen LogP contribution in [-0.4, -0.2) is 24.5 Å². The van der Waals surface area contributed by atoms with E-state index in [0.29, 0.717) is 18.1 Å². The third-order valence-electron chi connectivity index (χ3n) is 2.49. The van der Waals surface area contributed by atoms with Crippen LogP contribution < -0.4 is 0 Å². The molecule has 0 aliphatic heterocycles.